The SMILES string of the molecule is N#Cc1ccccc1Cn1c(N2CCCC(N)C2)nc2c(ncn2Cc2ccccc2C#N)c1=O. The molecule has 174 valence electrons. The van der Waals surface area contributed by atoms with Crippen LogP contribution in [0.4, 0.5) is 5.95 Å². The predicted molar refractivity (Wildman–Crippen MR) is 132 cm³/mol. The fourth-order valence-electron chi connectivity index (χ4n) is 4.60. The molecule has 2 aromatic heterocycles. The maximum Gasteiger partial charge on any atom is 0.283 e. The van der Waals surface area contributed by atoms with E-state index in [1.54, 1.807) is 33.7 Å². The molecule has 2 aromatic carbocycles. The second-order valence-electron chi connectivity index (χ2n) is 8.73. The van der Waals surface area contributed by atoms with Crippen LogP contribution in [0.5, 0.6) is 0 Å². The summed E-state index contributed by atoms with van der Waals surface area (Å²) in [4.78, 5) is 25.1. The molecule has 1 unspecified atom stereocenters. The van der Waals surface area contributed by atoms with Gasteiger partial charge in [0.2, 0.25) is 5.95 Å². The molecular formula is C26H24N8O. The normalized spacial score (nSPS) is 15.6. The molecule has 0 bridgehead atoms. The van der Waals surface area contributed by atoms with E-state index in [-0.39, 0.29) is 23.7 Å². The molecule has 1 fully saturated rings. The van der Waals surface area contributed by atoms with E-state index < -0.39 is 0 Å². The lowest BCUT2D eigenvalue weighted by Crippen LogP contribution is -2.45. The van der Waals surface area contributed by atoms with E-state index in [2.05, 4.69) is 17.1 Å². The van der Waals surface area contributed by atoms with E-state index in [0.717, 1.165) is 30.5 Å². The minimum Gasteiger partial charge on any atom is -0.341 e. The van der Waals surface area contributed by atoms with Crippen LogP contribution < -0.4 is 16.2 Å². The number of hydrogen-bond donors (Lipinski definition) is 1. The molecule has 1 atom stereocenters. The lowest BCUT2D eigenvalue weighted by molar-refractivity contribution is 0.491. The molecule has 0 amide bonds. The zero-order valence-electron chi connectivity index (χ0n) is 19.1. The van der Waals surface area contributed by atoms with Crippen molar-refractivity contribution in [2.75, 3.05) is 18.0 Å². The molecule has 4 aromatic rings. The van der Waals surface area contributed by atoms with Gasteiger partial charge in [0.25, 0.3) is 5.56 Å². The highest BCUT2D eigenvalue weighted by molar-refractivity contribution is 5.71. The Bertz CT molecular complexity index is 1540. The summed E-state index contributed by atoms with van der Waals surface area (Å²) in [7, 11) is 0. The summed E-state index contributed by atoms with van der Waals surface area (Å²) in [6, 6.07) is 19.0. The van der Waals surface area contributed by atoms with Crippen LogP contribution in [0.1, 0.15) is 35.1 Å². The lowest BCUT2D eigenvalue weighted by atomic mass is 10.1. The van der Waals surface area contributed by atoms with Crippen LogP contribution in [0, 0.1) is 22.7 Å². The second kappa shape index (κ2) is 9.41. The van der Waals surface area contributed by atoms with Crippen LogP contribution in [0.2, 0.25) is 0 Å². The van der Waals surface area contributed by atoms with Gasteiger partial charge in [0.15, 0.2) is 11.2 Å². The van der Waals surface area contributed by atoms with Gasteiger partial charge in [-0.25, -0.2) is 4.98 Å². The Kier molecular flexibility index (Phi) is 6.01. The fourth-order valence-corrected chi connectivity index (χ4v) is 4.60. The third-order valence-corrected chi connectivity index (χ3v) is 6.39. The van der Waals surface area contributed by atoms with Gasteiger partial charge < -0.3 is 15.2 Å². The zero-order chi connectivity index (χ0) is 24.4. The number of nitriles is 2. The van der Waals surface area contributed by atoms with Crippen molar-refractivity contribution in [2.24, 2.45) is 5.73 Å². The van der Waals surface area contributed by atoms with Gasteiger partial charge in [-0.2, -0.15) is 15.5 Å². The first kappa shape index (κ1) is 22.3. The minimum absolute atomic E-state index is 0.0105. The van der Waals surface area contributed by atoms with Gasteiger partial charge in [0.1, 0.15) is 0 Å². The Hall–Kier alpha value is -4.47. The van der Waals surface area contributed by atoms with E-state index in [9.17, 15) is 15.3 Å². The molecule has 1 aliphatic heterocycles. The molecule has 35 heavy (non-hydrogen) atoms. The van der Waals surface area contributed by atoms with Crippen molar-refractivity contribution in [3.8, 4) is 12.1 Å². The predicted octanol–water partition coefficient (Wildman–Crippen LogP) is 2.36. The van der Waals surface area contributed by atoms with Gasteiger partial charge in [-0.1, -0.05) is 36.4 Å². The summed E-state index contributed by atoms with van der Waals surface area (Å²) in [6.07, 6.45) is 3.41. The first-order valence-electron chi connectivity index (χ1n) is 11.5. The van der Waals surface area contributed by atoms with Crippen molar-refractivity contribution in [1.29, 1.82) is 10.5 Å². The average Bonchev–Trinajstić information content (AvgIpc) is 3.29. The number of nitrogens with zero attached hydrogens (tertiary/aromatic N) is 7. The van der Waals surface area contributed by atoms with Crippen molar-refractivity contribution in [1.82, 2.24) is 19.1 Å². The minimum atomic E-state index is -0.274. The molecule has 3 heterocycles. The Morgan fingerprint density at radius 1 is 1.00 bits per heavy atom. The van der Waals surface area contributed by atoms with Crippen molar-refractivity contribution in [3.63, 3.8) is 0 Å². The van der Waals surface area contributed by atoms with E-state index in [4.69, 9.17) is 10.7 Å². The summed E-state index contributed by atoms with van der Waals surface area (Å²) in [6.45, 7) is 1.89. The number of imidazole rings is 1. The van der Waals surface area contributed by atoms with Gasteiger partial charge in [0, 0.05) is 19.1 Å². The topological polar surface area (TPSA) is 130 Å². The van der Waals surface area contributed by atoms with Crippen LogP contribution in [0.15, 0.2) is 59.7 Å². The van der Waals surface area contributed by atoms with Crippen molar-refractivity contribution >= 4 is 17.1 Å². The molecule has 9 heteroatoms. The van der Waals surface area contributed by atoms with Gasteiger partial charge >= 0.3 is 0 Å². The van der Waals surface area contributed by atoms with Gasteiger partial charge in [-0.05, 0) is 36.1 Å². The van der Waals surface area contributed by atoms with E-state index in [1.165, 1.54) is 0 Å². The molecule has 1 saturated heterocycles. The van der Waals surface area contributed by atoms with Crippen LogP contribution >= 0.6 is 0 Å². The maximum atomic E-state index is 13.7. The number of fused-ring (bicyclic) bond motifs is 1. The quantitative estimate of drug-likeness (QED) is 0.480. The van der Waals surface area contributed by atoms with E-state index >= 15 is 0 Å². The standard InChI is InChI=1S/C26H24N8O/c27-12-18-6-1-3-8-20(18)14-33-17-30-23-24(33)31-26(32-11-5-10-22(29)16-32)34(25(23)35)15-21-9-4-2-7-19(21)13-28/h1-4,6-9,17,22H,5,10-11,14-16,29H2. The number of anilines is 1. The first-order valence-corrected chi connectivity index (χ1v) is 11.5. The number of aromatic nitrogens is 4. The molecule has 0 saturated carbocycles. The summed E-state index contributed by atoms with van der Waals surface area (Å²) in [5.74, 6) is 0.515. The molecular weight excluding hydrogens is 440 g/mol. The van der Waals surface area contributed by atoms with Crippen LogP contribution in [0.3, 0.4) is 0 Å². The molecule has 2 N–H and O–H groups in total. The van der Waals surface area contributed by atoms with Crippen molar-refractivity contribution in [2.45, 2.75) is 32.0 Å². The highest BCUT2D eigenvalue weighted by Gasteiger charge is 2.24. The molecule has 0 radical (unpaired) electrons. The van der Waals surface area contributed by atoms with E-state index in [1.807, 2.05) is 35.2 Å². The molecule has 5 rings (SSSR count). The third-order valence-electron chi connectivity index (χ3n) is 6.39. The Labute approximate surface area is 202 Å². The van der Waals surface area contributed by atoms with Crippen molar-refractivity contribution in [3.05, 3.63) is 87.5 Å². The highest BCUT2D eigenvalue weighted by atomic mass is 16.1. The number of piperidine rings is 1. The van der Waals surface area contributed by atoms with Gasteiger partial charge in [-0.3, -0.25) is 9.36 Å². The zero-order valence-corrected chi connectivity index (χ0v) is 19.1. The largest absolute Gasteiger partial charge is 0.341 e. The monoisotopic (exact) mass is 464 g/mol. The van der Waals surface area contributed by atoms with Gasteiger partial charge in [-0.15, -0.1) is 0 Å². The summed E-state index contributed by atoms with van der Waals surface area (Å²) in [5, 5.41) is 19.0. The smallest absolute Gasteiger partial charge is 0.283 e. The average molecular weight is 465 g/mol. The highest BCUT2D eigenvalue weighted by Crippen LogP contribution is 2.22. The van der Waals surface area contributed by atoms with Crippen LogP contribution in [-0.2, 0) is 13.1 Å². The van der Waals surface area contributed by atoms with Crippen LogP contribution in [-0.4, -0.2) is 38.2 Å². The molecule has 9 nitrogen and oxygen atoms in total. The Morgan fingerprint density at radius 3 is 2.31 bits per heavy atom. The maximum absolute atomic E-state index is 13.7. The molecule has 1 aliphatic rings. The summed E-state index contributed by atoms with van der Waals surface area (Å²) in [5.41, 5.74) is 9.34. The Balaban J connectivity index is 1.65. The van der Waals surface area contributed by atoms with Crippen molar-refractivity contribution < 1.29 is 0 Å². The lowest BCUT2D eigenvalue weighted by Gasteiger charge is -2.33. The second-order valence-corrected chi connectivity index (χ2v) is 8.73. The summed E-state index contributed by atoms with van der Waals surface area (Å²) < 4.78 is 3.39. The van der Waals surface area contributed by atoms with Gasteiger partial charge in [0.05, 0.1) is 42.7 Å². The van der Waals surface area contributed by atoms with E-state index in [0.29, 0.717) is 35.8 Å². The summed E-state index contributed by atoms with van der Waals surface area (Å²) >= 11 is 0. The number of benzene rings is 2. The Morgan fingerprint density at radius 2 is 1.66 bits per heavy atom. The molecule has 0 aliphatic carbocycles. The van der Waals surface area contributed by atoms with Crippen LogP contribution in [0.25, 0.3) is 11.2 Å². The first-order chi connectivity index (χ1) is 17.1. The number of rotatable bonds is 5. The fraction of sp³-hybridized carbons (Fsp3) is 0.269. The number of nitrogens with two attached hydrogens (primary N) is 1. The number of hydrogen-bond acceptors (Lipinski definition) is 7. The third kappa shape index (κ3) is 4.25. The molecule has 0 spiro atoms.